The molecule has 0 N–H and O–H groups in total. The highest BCUT2D eigenvalue weighted by Crippen LogP contribution is 2.29. The second-order valence-electron chi connectivity index (χ2n) is 8.07. The summed E-state index contributed by atoms with van der Waals surface area (Å²) in [5.41, 5.74) is 3.40. The van der Waals surface area contributed by atoms with Crippen molar-refractivity contribution in [3.8, 4) is 5.69 Å². The maximum absolute atomic E-state index is 13.2. The number of likely N-dealkylation sites (N-methyl/N-ethyl adjacent to an activating group) is 1. The third kappa shape index (κ3) is 3.66. The molecule has 0 radical (unpaired) electrons. The van der Waals surface area contributed by atoms with Crippen LogP contribution >= 0.6 is 0 Å². The van der Waals surface area contributed by atoms with E-state index in [-0.39, 0.29) is 11.3 Å². The Bertz CT molecular complexity index is 1390. The fourth-order valence-electron chi connectivity index (χ4n) is 4.06. The topological polar surface area (TPSA) is 106 Å². The van der Waals surface area contributed by atoms with Crippen molar-refractivity contribution in [3.05, 3.63) is 92.8 Å². The van der Waals surface area contributed by atoms with Gasteiger partial charge in [0.2, 0.25) is 0 Å². The lowest BCUT2D eigenvalue weighted by Gasteiger charge is -2.31. The van der Waals surface area contributed by atoms with Crippen LogP contribution in [-0.2, 0) is 9.59 Å². The number of hydrogen-bond acceptors (Lipinski definition) is 5. The minimum atomic E-state index is -0.726. The van der Waals surface area contributed by atoms with Gasteiger partial charge in [-0.15, -0.1) is 0 Å². The number of benzene rings is 2. The summed E-state index contributed by atoms with van der Waals surface area (Å²) in [7, 11) is 1.33. The molecule has 1 fully saturated rings. The number of nitrogens with zero attached hydrogens (tertiary/aromatic N) is 4. The molecule has 2 aromatic carbocycles. The standard InChI is InChI=1S/C25H22N4O5/c1-15-10-11-20(14-22(15)29(33)34)27-16(2)12-18(17(27)3)13-21-23(30)26(4)25(32)28(24(21)31)19-8-6-5-7-9-19/h5-14H,1-4H3/b21-13+. The first-order chi connectivity index (χ1) is 16.1. The van der Waals surface area contributed by atoms with E-state index in [1.54, 1.807) is 62.4 Å². The molecule has 1 aromatic heterocycles. The number of nitro benzene ring substituents is 1. The van der Waals surface area contributed by atoms with E-state index < -0.39 is 22.8 Å². The summed E-state index contributed by atoms with van der Waals surface area (Å²) < 4.78 is 1.82. The molecule has 4 amide bonds. The highest BCUT2D eigenvalue weighted by Gasteiger charge is 2.41. The van der Waals surface area contributed by atoms with E-state index in [0.29, 0.717) is 28.2 Å². The molecule has 0 spiro atoms. The molecule has 4 rings (SSSR count). The number of barbiturate groups is 1. The van der Waals surface area contributed by atoms with Gasteiger partial charge in [-0.25, -0.2) is 9.69 Å². The van der Waals surface area contributed by atoms with Gasteiger partial charge in [-0.1, -0.05) is 24.3 Å². The summed E-state index contributed by atoms with van der Waals surface area (Å²) in [6.07, 6.45) is 1.46. The zero-order valence-electron chi connectivity index (χ0n) is 19.1. The molecular formula is C25H22N4O5. The fourth-order valence-corrected chi connectivity index (χ4v) is 4.06. The van der Waals surface area contributed by atoms with Crippen LogP contribution in [0.3, 0.4) is 0 Å². The Kier molecular flexibility index (Phi) is 5.62. The lowest BCUT2D eigenvalue weighted by atomic mass is 10.1. The Hall–Kier alpha value is -4.53. The van der Waals surface area contributed by atoms with Crippen LogP contribution in [0.4, 0.5) is 16.2 Å². The molecule has 1 aliphatic heterocycles. The molecule has 0 aliphatic carbocycles. The van der Waals surface area contributed by atoms with Gasteiger partial charge in [0, 0.05) is 30.1 Å². The van der Waals surface area contributed by atoms with Gasteiger partial charge in [0.15, 0.2) is 0 Å². The molecule has 9 nitrogen and oxygen atoms in total. The van der Waals surface area contributed by atoms with Crippen molar-refractivity contribution in [1.29, 1.82) is 0 Å². The van der Waals surface area contributed by atoms with Gasteiger partial charge in [-0.2, -0.15) is 0 Å². The Labute approximate surface area is 195 Å². The first-order valence-electron chi connectivity index (χ1n) is 10.5. The number of rotatable bonds is 4. The van der Waals surface area contributed by atoms with E-state index in [4.69, 9.17) is 0 Å². The van der Waals surface area contributed by atoms with Crippen LogP contribution in [-0.4, -0.2) is 39.3 Å². The van der Waals surface area contributed by atoms with E-state index in [1.165, 1.54) is 19.2 Å². The zero-order valence-corrected chi connectivity index (χ0v) is 19.1. The second-order valence-corrected chi connectivity index (χ2v) is 8.07. The van der Waals surface area contributed by atoms with E-state index >= 15 is 0 Å². The maximum Gasteiger partial charge on any atom is 0.338 e. The Morgan fingerprint density at radius 2 is 1.56 bits per heavy atom. The van der Waals surface area contributed by atoms with E-state index in [2.05, 4.69) is 0 Å². The summed E-state index contributed by atoms with van der Waals surface area (Å²) in [5, 5.41) is 11.4. The number of amides is 4. The molecular weight excluding hydrogens is 436 g/mol. The van der Waals surface area contributed by atoms with Crippen molar-refractivity contribution >= 4 is 35.3 Å². The van der Waals surface area contributed by atoms with Gasteiger partial charge in [-0.05, 0) is 56.7 Å². The maximum atomic E-state index is 13.2. The number of aromatic nitrogens is 1. The molecule has 0 saturated carbocycles. The number of hydrogen-bond donors (Lipinski definition) is 0. The van der Waals surface area contributed by atoms with Crippen molar-refractivity contribution < 1.29 is 19.3 Å². The minimum Gasteiger partial charge on any atom is -0.318 e. The highest BCUT2D eigenvalue weighted by molar-refractivity contribution is 6.39. The van der Waals surface area contributed by atoms with Crippen molar-refractivity contribution in [3.63, 3.8) is 0 Å². The molecule has 34 heavy (non-hydrogen) atoms. The van der Waals surface area contributed by atoms with Crippen molar-refractivity contribution in [1.82, 2.24) is 9.47 Å². The molecule has 1 aliphatic rings. The van der Waals surface area contributed by atoms with E-state index in [0.717, 1.165) is 15.5 Å². The van der Waals surface area contributed by atoms with Crippen LogP contribution in [0.25, 0.3) is 11.8 Å². The lowest BCUT2D eigenvalue weighted by Crippen LogP contribution is -2.55. The minimum absolute atomic E-state index is 0.00109. The summed E-state index contributed by atoms with van der Waals surface area (Å²) in [5.74, 6) is -1.41. The summed E-state index contributed by atoms with van der Waals surface area (Å²) in [4.78, 5) is 51.6. The predicted octanol–water partition coefficient (Wildman–Crippen LogP) is 4.32. The summed E-state index contributed by atoms with van der Waals surface area (Å²) >= 11 is 0. The predicted molar refractivity (Wildman–Crippen MR) is 127 cm³/mol. The number of carbonyl (C=O) groups is 3. The number of para-hydroxylation sites is 1. The van der Waals surface area contributed by atoms with Crippen LogP contribution in [0.1, 0.15) is 22.5 Å². The van der Waals surface area contributed by atoms with Crippen LogP contribution in [0.15, 0.2) is 60.2 Å². The van der Waals surface area contributed by atoms with E-state index in [9.17, 15) is 24.5 Å². The van der Waals surface area contributed by atoms with Gasteiger partial charge in [0.1, 0.15) is 5.57 Å². The Morgan fingerprint density at radius 1 is 0.882 bits per heavy atom. The number of imide groups is 2. The fraction of sp³-hybridized carbons (Fsp3) is 0.160. The average molecular weight is 458 g/mol. The van der Waals surface area contributed by atoms with Gasteiger partial charge >= 0.3 is 6.03 Å². The third-order valence-electron chi connectivity index (χ3n) is 5.88. The van der Waals surface area contributed by atoms with Gasteiger partial charge < -0.3 is 4.57 Å². The van der Waals surface area contributed by atoms with Crippen molar-refractivity contribution in [2.24, 2.45) is 0 Å². The van der Waals surface area contributed by atoms with Crippen LogP contribution < -0.4 is 4.90 Å². The SMILES string of the molecule is Cc1ccc(-n2c(C)cc(/C=C3\C(=O)N(C)C(=O)N(c4ccccc4)C3=O)c2C)cc1[N+](=O)[O-]. The third-order valence-corrected chi connectivity index (χ3v) is 5.88. The summed E-state index contributed by atoms with van der Waals surface area (Å²) in [6, 6.07) is 14.4. The highest BCUT2D eigenvalue weighted by atomic mass is 16.6. The molecule has 0 atom stereocenters. The summed E-state index contributed by atoms with van der Waals surface area (Å²) in [6.45, 7) is 5.30. The average Bonchev–Trinajstić information content (AvgIpc) is 3.09. The van der Waals surface area contributed by atoms with Gasteiger partial charge in [0.25, 0.3) is 17.5 Å². The molecule has 9 heteroatoms. The van der Waals surface area contributed by atoms with E-state index in [1.807, 2.05) is 11.5 Å². The first kappa shape index (κ1) is 22.7. The van der Waals surface area contributed by atoms with Crippen molar-refractivity contribution in [2.75, 3.05) is 11.9 Å². The van der Waals surface area contributed by atoms with Crippen LogP contribution in [0, 0.1) is 30.9 Å². The molecule has 172 valence electrons. The number of aryl methyl sites for hydroxylation is 2. The molecule has 3 aromatic rings. The number of carbonyl (C=O) groups excluding carboxylic acids is 3. The second kappa shape index (κ2) is 8.43. The normalized spacial score (nSPS) is 15.4. The number of nitro groups is 1. The van der Waals surface area contributed by atoms with Crippen molar-refractivity contribution in [2.45, 2.75) is 20.8 Å². The molecule has 0 unspecified atom stereocenters. The Balaban J connectivity index is 1.81. The lowest BCUT2D eigenvalue weighted by molar-refractivity contribution is -0.385. The number of anilines is 1. The number of urea groups is 1. The molecule has 0 bridgehead atoms. The largest absolute Gasteiger partial charge is 0.338 e. The van der Waals surface area contributed by atoms with Gasteiger partial charge in [0.05, 0.1) is 16.3 Å². The van der Waals surface area contributed by atoms with Crippen LogP contribution in [0.2, 0.25) is 0 Å². The molecule has 2 heterocycles. The Morgan fingerprint density at radius 3 is 2.21 bits per heavy atom. The smallest absolute Gasteiger partial charge is 0.318 e. The van der Waals surface area contributed by atoms with Crippen LogP contribution in [0.5, 0.6) is 0 Å². The first-order valence-corrected chi connectivity index (χ1v) is 10.5. The van der Waals surface area contributed by atoms with Gasteiger partial charge in [-0.3, -0.25) is 24.6 Å². The zero-order chi connectivity index (χ0) is 24.7. The molecule has 1 saturated heterocycles. The monoisotopic (exact) mass is 458 g/mol. The quantitative estimate of drug-likeness (QED) is 0.251.